The molecule has 1 atom stereocenters. The lowest BCUT2D eigenvalue weighted by Gasteiger charge is -2.42. The molecule has 1 fully saturated rings. The number of amides is 1. The van der Waals surface area contributed by atoms with Crippen molar-refractivity contribution in [2.45, 2.75) is 64.5 Å². The van der Waals surface area contributed by atoms with Crippen molar-refractivity contribution < 1.29 is 28.0 Å². The van der Waals surface area contributed by atoms with Crippen molar-refractivity contribution in [3.63, 3.8) is 0 Å². The molecular formula is C29H40FN5O5. The Bertz CT molecular complexity index is 1410. The van der Waals surface area contributed by atoms with Gasteiger partial charge in [-0.25, -0.2) is 14.2 Å². The number of aryl methyl sites for hydroxylation is 1. The molecule has 2 aliphatic heterocycles. The first-order chi connectivity index (χ1) is 18.7. The highest BCUT2D eigenvalue weighted by Gasteiger charge is 2.38. The molecule has 10 nitrogen and oxygen atoms in total. The minimum absolute atomic E-state index is 0. The van der Waals surface area contributed by atoms with E-state index in [1.165, 1.54) is 17.0 Å². The number of aromatic nitrogens is 3. The largest absolute Gasteiger partial charge is 0.413 e. The number of halogens is 1. The Morgan fingerprint density at radius 1 is 1.30 bits per heavy atom. The predicted molar refractivity (Wildman–Crippen MR) is 148 cm³/mol. The van der Waals surface area contributed by atoms with Gasteiger partial charge in [-0.15, -0.1) is 0 Å². The van der Waals surface area contributed by atoms with Crippen molar-refractivity contribution in [3.8, 4) is 0 Å². The third kappa shape index (κ3) is 5.76. The van der Waals surface area contributed by atoms with Gasteiger partial charge in [-0.2, -0.15) is 0 Å². The Balaban J connectivity index is 0.00000370. The van der Waals surface area contributed by atoms with Crippen LogP contribution >= 0.6 is 0 Å². The Morgan fingerprint density at radius 3 is 2.77 bits per heavy atom. The topological polar surface area (TPSA) is 111 Å². The van der Waals surface area contributed by atoms with E-state index >= 15 is 0 Å². The number of hydrogen-bond acceptors (Lipinski definition) is 7. The second kappa shape index (κ2) is 12.1. The molecule has 1 aromatic carbocycles. The number of quaternary nitrogens is 1. The molecule has 218 valence electrons. The summed E-state index contributed by atoms with van der Waals surface area (Å²) in [4.78, 5) is 32.0. The molecule has 0 spiro atoms. The highest BCUT2D eigenvalue weighted by Crippen LogP contribution is 2.35. The van der Waals surface area contributed by atoms with Gasteiger partial charge >= 0.3 is 6.09 Å². The molecule has 0 bridgehead atoms. The summed E-state index contributed by atoms with van der Waals surface area (Å²) in [5.41, 5.74) is 2.47. The van der Waals surface area contributed by atoms with Gasteiger partial charge in [-0.1, -0.05) is 5.16 Å². The zero-order chi connectivity index (χ0) is 27.7. The van der Waals surface area contributed by atoms with Crippen LogP contribution in [0.4, 0.5) is 9.18 Å². The van der Waals surface area contributed by atoms with Gasteiger partial charge in [0.25, 0.3) is 5.56 Å². The van der Waals surface area contributed by atoms with E-state index in [1.807, 2.05) is 13.8 Å². The number of rotatable bonds is 7. The standard InChI is InChI=1S/C28H37FN5O5.CH3/c1-4-32(3)28(37)38-17-34(15-11-21-18(2)30-26-23(35)6-5-12-33(26)27(21)36)13-9-19(10-14-34)25-22-8-7-20(29)16-24(22)39-31-25;/h7-8,16,19,23,35H,4-6,9-15,17H2,1-3H3;1H3/q+1;-1. The van der Waals surface area contributed by atoms with E-state index < -0.39 is 6.10 Å². The van der Waals surface area contributed by atoms with Crippen molar-refractivity contribution in [2.24, 2.45) is 0 Å². The van der Waals surface area contributed by atoms with Crippen LogP contribution in [0.25, 0.3) is 11.0 Å². The molecule has 5 rings (SSSR count). The van der Waals surface area contributed by atoms with Crippen molar-refractivity contribution in [3.05, 3.63) is 64.6 Å². The maximum absolute atomic E-state index is 13.6. The van der Waals surface area contributed by atoms with Crippen molar-refractivity contribution in [2.75, 3.05) is 40.0 Å². The maximum atomic E-state index is 13.6. The summed E-state index contributed by atoms with van der Waals surface area (Å²) in [7, 11) is 1.70. The number of nitrogens with zero attached hydrogens (tertiary/aromatic N) is 5. The Hall–Kier alpha value is -3.31. The van der Waals surface area contributed by atoms with Crippen LogP contribution in [0.3, 0.4) is 0 Å². The molecule has 11 heteroatoms. The van der Waals surface area contributed by atoms with Gasteiger partial charge in [-0.3, -0.25) is 13.8 Å². The average Bonchev–Trinajstić information content (AvgIpc) is 3.35. The van der Waals surface area contributed by atoms with Crippen LogP contribution < -0.4 is 5.56 Å². The lowest BCUT2D eigenvalue weighted by molar-refractivity contribution is -0.948. The summed E-state index contributed by atoms with van der Waals surface area (Å²) < 4.78 is 26.9. The lowest BCUT2D eigenvalue weighted by atomic mass is 9.90. The van der Waals surface area contributed by atoms with Gasteiger partial charge in [0.2, 0.25) is 6.73 Å². The molecule has 3 aromatic rings. The average molecular weight is 558 g/mol. The van der Waals surface area contributed by atoms with Gasteiger partial charge in [0.15, 0.2) is 5.58 Å². The minimum atomic E-state index is -0.712. The zero-order valence-corrected chi connectivity index (χ0v) is 23.9. The molecule has 2 aliphatic rings. The monoisotopic (exact) mass is 557 g/mol. The van der Waals surface area contributed by atoms with Crippen LogP contribution in [0, 0.1) is 20.2 Å². The molecule has 0 aliphatic carbocycles. The normalized spacial score (nSPS) is 22.4. The SMILES string of the molecule is CCN(C)C(=O)OC[N+]1(CCc2c(C)nc3n(c2=O)CCCC3O)CCC(c2noc3cc(F)ccc23)CC1.[CH3-]. The van der Waals surface area contributed by atoms with Gasteiger partial charge in [0.05, 0.1) is 25.3 Å². The summed E-state index contributed by atoms with van der Waals surface area (Å²) >= 11 is 0. The number of benzene rings is 1. The fourth-order valence-electron chi connectivity index (χ4n) is 5.86. The summed E-state index contributed by atoms with van der Waals surface area (Å²) in [6.07, 6.45) is 2.33. The number of aliphatic hydroxyl groups is 1. The molecule has 1 unspecified atom stereocenters. The fourth-order valence-corrected chi connectivity index (χ4v) is 5.86. The Morgan fingerprint density at radius 2 is 2.05 bits per heavy atom. The van der Waals surface area contributed by atoms with E-state index in [-0.39, 0.29) is 37.5 Å². The summed E-state index contributed by atoms with van der Waals surface area (Å²) in [6, 6.07) is 4.49. The van der Waals surface area contributed by atoms with Crippen molar-refractivity contribution in [1.29, 1.82) is 0 Å². The number of fused-ring (bicyclic) bond motifs is 2. The first kappa shape index (κ1) is 29.7. The van der Waals surface area contributed by atoms with Crippen molar-refractivity contribution in [1.82, 2.24) is 19.6 Å². The number of carbonyl (C=O) groups is 1. The zero-order valence-electron chi connectivity index (χ0n) is 23.9. The molecule has 1 amide bonds. The first-order valence-corrected chi connectivity index (χ1v) is 13.8. The number of piperidine rings is 1. The lowest BCUT2D eigenvalue weighted by Crippen LogP contribution is -2.56. The van der Waals surface area contributed by atoms with Crippen LogP contribution in [0.1, 0.15) is 67.4 Å². The second-order valence-electron chi connectivity index (χ2n) is 10.9. The van der Waals surface area contributed by atoms with E-state index in [9.17, 15) is 19.1 Å². The van der Waals surface area contributed by atoms with E-state index in [0.29, 0.717) is 59.6 Å². The first-order valence-electron chi connectivity index (χ1n) is 13.8. The van der Waals surface area contributed by atoms with Crippen LogP contribution in [-0.2, 0) is 17.7 Å². The molecule has 40 heavy (non-hydrogen) atoms. The summed E-state index contributed by atoms with van der Waals surface area (Å²) in [5.74, 6) is 0.227. The van der Waals surface area contributed by atoms with Gasteiger partial charge in [-0.05, 0) is 38.8 Å². The Kier molecular flexibility index (Phi) is 8.94. The number of carbonyl (C=O) groups excluding carboxylic acids is 1. The third-order valence-electron chi connectivity index (χ3n) is 8.49. The molecule has 0 saturated carbocycles. The van der Waals surface area contributed by atoms with Gasteiger partial charge in [0.1, 0.15) is 17.7 Å². The van der Waals surface area contributed by atoms with Gasteiger partial charge < -0.3 is 26.7 Å². The van der Waals surface area contributed by atoms with Crippen LogP contribution in [0.15, 0.2) is 27.5 Å². The number of hydrogen-bond donors (Lipinski definition) is 1. The predicted octanol–water partition coefficient (Wildman–Crippen LogP) is 4.09. The smallest absolute Gasteiger partial charge is 0.399 e. The fraction of sp³-hybridized carbons (Fsp3) is 0.552. The van der Waals surface area contributed by atoms with E-state index in [2.05, 4.69) is 10.1 Å². The highest BCUT2D eigenvalue weighted by atomic mass is 19.1. The van der Waals surface area contributed by atoms with Gasteiger partial charge in [0, 0.05) is 68.0 Å². The highest BCUT2D eigenvalue weighted by molar-refractivity contribution is 5.79. The number of aliphatic hydroxyl groups excluding tert-OH is 1. The summed E-state index contributed by atoms with van der Waals surface area (Å²) in [5, 5.41) is 15.4. The number of likely N-dealkylation sites (tertiary alicyclic amines) is 1. The summed E-state index contributed by atoms with van der Waals surface area (Å²) in [6.45, 7) is 7.08. The second-order valence-corrected chi connectivity index (χ2v) is 10.9. The third-order valence-corrected chi connectivity index (χ3v) is 8.49. The van der Waals surface area contributed by atoms with E-state index in [1.54, 1.807) is 17.7 Å². The van der Waals surface area contributed by atoms with Crippen LogP contribution in [0.2, 0.25) is 0 Å². The quantitative estimate of drug-likeness (QED) is 0.344. The van der Waals surface area contributed by atoms with E-state index in [4.69, 9.17) is 9.26 Å². The van der Waals surface area contributed by atoms with Crippen LogP contribution in [-0.4, -0.2) is 75.2 Å². The molecule has 0 radical (unpaired) electrons. The molecule has 2 aromatic heterocycles. The minimum Gasteiger partial charge on any atom is -0.399 e. The van der Waals surface area contributed by atoms with Crippen molar-refractivity contribution >= 4 is 17.1 Å². The molecule has 4 heterocycles. The number of ether oxygens (including phenoxy) is 1. The molecule has 1 saturated heterocycles. The van der Waals surface area contributed by atoms with E-state index in [0.717, 1.165) is 43.4 Å². The Labute approximate surface area is 233 Å². The maximum Gasteiger partial charge on any atom is 0.413 e. The molecular weight excluding hydrogens is 517 g/mol. The van der Waals surface area contributed by atoms with Crippen LogP contribution in [0.5, 0.6) is 0 Å². The molecule has 1 N–H and O–H groups in total.